The monoisotopic (exact) mass is 1060 g/mol. The Hall–Kier alpha value is -7.10. The smallest absolute Gasteiger partial charge is 0.243 e. The summed E-state index contributed by atoms with van der Waals surface area (Å²) in [5.74, 6) is -5.77. The molecule has 0 aliphatic carbocycles. The minimum absolute atomic E-state index is 0.0102. The van der Waals surface area contributed by atoms with Gasteiger partial charge in [-0.2, -0.15) is 0 Å². The molecule has 0 unspecified atom stereocenters. The van der Waals surface area contributed by atoms with E-state index < -0.39 is 95.5 Å². The molecule has 0 spiro atoms. The molecule has 76 heavy (non-hydrogen) atoms. The molecule has 0 bridgehead atoms. The van der Waals surface area contributed by atoms with Gasteiger partial charge in [-0.3, -0.25) is 48.8 Å². The first-order valence-corrected chi connectivity index (χ1v) is 26.4. The topological polar surface area (TPSA) is 373 Å². The maximum atomic E-state index is 14.5. The average Bonchev–Trinajstić information content (AvgIpc) is 3.34. The van der Waals surface area contributed by atoms with Crippen molar-refractivity contribution in [2.75, 3.05) is 13.1 Å². The molecule has 0 saturated heterocycles. The van der Waals surface area contributed by atoms with E-state index in [0.717, 1.165) is 5.56 Å². The third kappa shape index (κ3) is 25.0. The van der Waals surface area contributed by atoms with Gasteiger partial charge in [0, 0.05) is 32.0 Å². The van der Waals surface area contributed by atoms with E-state index in [4.69, 9.17) is 28.3 Å². The van der Waals surface area contributed by atoms with E-state index in [1.54, 1.807) is 68.4 Å². The number of hydrogen-bond acceptors (Lipinski definition) is 11. The number of nitrogens with zero attached hydrogens (tertiary/aromatic N) is 1. The summed E-state index contributed by atoms with van der Waals surface area (Å²) in [5.41, 5.74) is 24.4. The van der Waals surface area contributed by atoms with Crippen LogP contribution in [-0.2, 0) is 51.3 Å². The molecule has 22 heteroatoms. The summed E-state index contributed by atoms with van der Waals surface area (Å²) in [5, 5.41) is 30.0. The van der Waals surface area contributed by atoms with Gasteiger partial charge < -0.3 is 65.5 Å². The predicted molar refractivity (Wildman–Crippen MR) is 295 cm³/mol. The first-order valence-electron chi connectivity index (χ1n) is 26.4. The van der Waals surface area contributed by atoms with Gasteiger partial charge in [-0.25, -0.2) is 0 Å². The van der Waals surface area contributed by atoms with Crippen LogP contribution < -0.4 is 65.5 Å². The zero-order valence-electron chi connectivity index (χ0n) is 46.1. The Bertz CT molecular complexity index is 2240. The lowest BCUT2D eigenvalue weighted by Gasteiger charge is -2.29. The van der Waals surface area contributed by atoms with Crippen LogP contribution in [0.15, 0.2) is 59.6 Å². The SMILES string of the molecule is CC(=O)N[C@@H](CC(C)C)C(=O)N[C@@H](CC(C)C)C(=O)N[C@@H](Cc1ccccc1)C(=O)N[C@@H](CC(C)C)C(=O)N[C@@H](CCCN=C(N)N)C(=O)N[C@H](C(=O)N[C@@H](CCCCN)C(=O)NCc1ccc(C(=N)N)cc1)C(C)C. The van der Waals surface area contributed by atoms with E-state index in [2.05, 4.69) is 47.5 Å². The van der Waals surface area contributed by atoms with Crippen LogP contribution in [0.3, 0.4) is 0 Å². The fraction of sp³-hybridized carbons (Fsp3) is 0.593. The van der Waals surface area contributed by atoms with E-state index in [1.165, 1.54) is 6.92 Å². The van der Waals surface area contributed by atoms with Crippen molar-refractivity contribution in [2.24, 2.45) is 51.6 Å². The Labute approximate surface area is 448 Å². The number of benzene rings is 2. The van der Waals surface area contributed by atoms with Crippen LogP contribution in [0.1, 0.15) is 130 Å². The van der Waals surface area contributed by atoms with Gasteiger partial charge in [-0.05, 0) is 92.7 Å². The Morgan fingerprint density at radius 3 is 1.43 bits per heavy atom. The lowest BCUT2D eigenvalue weighted by atomic mass is 9.98. The fourth-order valence-corrected chi connectivity index (χ4v) is 8.20. The molecule has 2 rings (SSSR count). The van der Waals surface area contributed by atoms with Gasteiger partial charge in [-0.1, -0.05) is 110 Å². The summed E-state index contributed by atoms with van der Waals surface area (Å²) in [4.78, 5) is 115. The van der Waals surface area contributed by atoms with E-state index in [9.17, 15) is 38.4 Å². The Morgan fingerprint density at radius 2 is 0.961 bits per heavy atom. The first-order chi connectivity index (χ1) is 35.8. The molecule has 0 radical (unpaired) electrons. The number of guanidine groups is 1. The number of carbonyl (C=O) groups is 8. The van der Waals surface area contributed by atoms with Gasteiger partial charge in [0.15, 0.2) is 5.96 Å². The van der Waals surface area contributed by atoms with E-state index >= 15 is 0 Å². The van der Waals surface area contributed by atoms with Gasteiger partial charge in [0.05, 0.1) is 0 Å². The largest absolute Gasteiger partial charge is 0.384 e. The zero-order valence-corrected chi connectivity index (χ0v) is 46.1. The Kier molecular flexibility index (Phi) is 28.9. The van der Waals surface area contributed by atoms with Gasteiger partial charge in [0.2, 0.25) is 47.3 Å². The maximum absolute atomic E-state index is 14.5. The van der Waals surface area contributed by atoms with Crippen molar-refractivity contribution in [3.05, 3.63) is 71.3 Å². The third-order valence-corrected chi connectivity index (χ3v) is 12.1. The number of carbonyl (C=O) groups excluding carboxylic acids is 8. The van der Waals surface area contributed by atoms with E-state index in [1.807, 2.05) is 41.5 Å². The molecule has 0 fully saturated rings. The lowest BCUT2D eigenvalue weighted by molar-refractivity contribution is -0.136. The van der Waals surface area contributed by atoms with E-state index in [-0.39, 0.29) is 81.2 Å². The second kappa shape index (κ2) is 33.7. The quantitative estimate of drug-likeness (QED) is 0.0267. The molecule has 0 aliphatic heterocycles. The molecule has 7 atom stereocenters. The molecule has 2 aromatic rings. The number of nitrogen functional groups attached to an aromatic ring is 1. The van der Waals surface area contributed by atoms with Gasteiger partial charge in [0.25, 0.3) is 0 Å². The van der Waals surface area contributed by atoms with Crippen molar-refractivity contribution in [2.45, 2.75) is 169 Å². The Morgan fingerprint density at radius 1 is 0.513 bits per heavy atom. The number of amidine groups is 1. The van der Waals surface area contributed by atoms with Gasteiger partial charge in [0.1, 0.15) is 48.1 Å². The van der Waals surface area contributed by atoms with Crippen LogP contribution in [0, 0.1) is 29.1 Å². The van der Waals surface area contributed by atoms with E-state index in [0.29, 0.717) is 36.9 Å². The lowest BCUT2D eigenvalue weighted by Crippen LogP contribution is -2.61. The molecule has 22 nitrogen and oxygen atoms in total. The minimum Gasteiger partial charge on any atom is -0.384 e. The van der Waals surface area contributed by atoms with Crippen LogP contribution in [0.5, 0.6) is 0 Å². The van der Waals surface area contributed by atoms with Gasteiger partial charge in [-0.15, -0.1) is 0 Å². The second-order valence-electron chi connectivity index (χ2n) is 20.9. The highest BCUT2D eigenvalue weighted by Gasteiger charge is 2.35. The van der Waals surface area contributed by atoms with Crippen LogP contribution in [-0.4, -0.2) is 114 Å². The minimum atomic E-state index is -1.27. The van der Waals surface area contributed by atoms with Crippen molar-refractivity contribution < 1.29 is 38.4 Å². The van der Waals surface area contributed by atoms with Crippen molar-refractivity contribution in [3.8, 4) is 0 Å². The standard InChI is InChI=1S/C54H88N14O8/c1-31(2)26-41(62-35(9)69)49(72)65-43(28-33(5)6)51(74)67-44(29-36-16-11-10-12-17-36)52(75)66-42(27-32(3)4)50(73)63-40(19-15-25-60-54(58)59)48(71)68-45(34(7)8)53(76)64-39(18-13-14-24-55)47(70)61-30-37-20-22-38(23-21-37)46(56)57/h10-12,16-17,20-23,31-34,39-45H,13-15,18-19,24-30,55H2,1-9H3,(H3,56,57)(H,61,70)(H,62,69)(H,63,73)(H,64,76)(H,65,72)(H,66,75)(H,67,74)(H,68,71)(H4,58,59,60)/t39-,40-,41-,42-,43-,44-,45-/m0/s1. The van der Waals surface area contributed by atoms with Crippen molar-refractivity contribution in [1.82, 2.24) is 42.5 Å². The maximum Gasteiger partial charge on any atom is 0.243 e. The number of nitrogens with one attached hydrogen (secondary N) is 9. The van der Waals surface area contributed by atoms with Crippen LogP contribution in [0.2, 0.25) is 0 Å². The predicted octanol–water partition coefficient (Wildman–Crippen LogP) is 1.22. The average molecular weight is 1060 g/mol. The number of amides is 8. The summed E-state index contributed by atoms with van der Waals surface area (Å²) in [7, 11) is 0. The van der Waals surface area contributed by atoms with Crippen LogP contribution >= 0.6 is 0 Å². The van der Waals surface area contributed by atoms with Crippen molar-refractivity contribution in [1.29, 1.82) is 5.41 Å². The zero-order chi connectivity index (χ0) is 57.1. The summed E-state index contributed by atoms with van der Waals surface area (Å²) < 4.78 is 0. The molecular formula is C54H88N14O8. The summed E-state index contributed by atoms with van der Waals surface area (Å²) in [6.07, 6.45) is 2.27. The number of aliphatic imine (C=N–C) groups is 1. The number of rotatable bonds is 34. The molecule has 0 heterocycles. The molecule has 422 valence electrons. The summed E-state index contributed by atoms with van der Waals surface area (Å²) >= 11 is 0. The Balaban J connectivity index is 2.45. The molecule has 17 N–H and O–H groups in total. The van der Waals surface area contributed by atoms with Crippen LogP contribution in [0.25, 0.3) is 0 Å². The summed E-state index contributed by atoms with van der Waals surface area (Å²) in [6, 6.07) is 7.86. The highest BCUT2D eigenvalue weighted by atomic mass is 16.2. The molecule has 0 aromatic heterocycles. The van der Waals surface area contributed by atoms with Gasteiger partial charge >= 0.3 is 0 Å². The molecule has 0 aliphatic rings. The molecular weight excluding hydrogens is 973 g/mol. The number of nitrogens with two attached hydrogens (primary N) is 4. The van der Waals surface area contributed by atoms with Crippen molar-refractivity contribution >= 4 is 59.1 Å². The van der Waals surface area contributed by atoms with Crippen LogP contribution in [0.4, 0.5) is 0 Å². The molecule has 8 amide bonds. The first kappa shape index (κ1) is 65.0. The molecule has 0 saturated carbocycles. The highest BCUT2D eigenvalue weighted by molar-refractivity contribution is 5.98. The highest BCUT2D eigenvalue weighted by Crippen LogP contribution is 2.14. The number of unbranched alkanes of at least 4 members (excludes halogenated alkanes) is 1. The molecule has 2 aromatic carbocycles. The number of hydrogen-bond donors (Lipinski definition) is 13. The fourth-order valence-electron chi connectivity index (χ4n) is 8.20. The second-order valence-corrected chi connectivity index (χ2v) is 20.9. The summed E-state index contributed by atoms with van der Waals surface area (Å²) in [6.45, 7) is 16.6. The van der Waals surface area contributed by atoms with Crippen molar-refractivity contribution in [3.63, 3.8) is 0 Å². The third-order valence-electron chi connectivity index (χ3n) is 12.1. The normalized spacial score (nSPS) is 14.0.